The molecule has 2 fully saturated rings. The van der Waals surface area contributed by atoms with Crippen molar-refractivity contribution in [3.05, 3.63) is 29.8 Å². The van der Waals surface area contributed by atoms with Crippen LogP contribution >= 0.6 is 0 Å². The molecule has 1 atom stereocenters. The van der Waals surface area contributed by atoms with Crippen molar-refractivity contribution in [3.8, 4) is 5.75 Å². The fraction of sp³-hybridized carbons (Fsp3) is 0.714. The van der Waals surface area contributed by atoms with Gasteiger partial charge >= 0.3 is 0 Å². The molecule has 1 saturated heterocycles. The first kappa shape index (κ1) is 18.7. The van der Waals surface area contributed by atoms with Crippen molar-refractivity contribution in [2.24, 2.45) is 5.41 Å². The van der Waals surface area contributed by atoms with Gasteiger partial charge in [-0.2, -0.15) is 0 Å². The lowest BCUT2D eigenvalue weighted by Gasteiger charge is -2.42. The second-order valence-corrected chi connectivity index (χ2v) is 7.85. The van der Waals surface area contributed by atoms with Crippen molar-refractivity contribution < 1.29 is 14.6 Å². The van der Waals surface area contributed by atoms with Crippen molar-refractivity contribution in [2.75, 3.05) is 33.4 Å². The lowest BCUT2D eigenvalue weighted by atomic mass is 9.78. The van der Waals surface area contributed by atoms with Crippen molar-refractivity contribution >= 4 is 0 Å². The molecule has 0 unspecified atom stereocenters. The predicted octanol–water partition coefficient (Wildman–Crippen LogP) is 3.62. The molecule has 1 aromatic carbocycles. The summed E-state index contributed by atoms with van der Waals surface area (Å²) in [5, 5.41) is 9.99. The van der Waals surface area contributed by atoms with Crippen molar-refractivity contribution in [1.82, 2.24) is 4.90 Å². The summed E-state index contributed by atoms with van der Waals surface area (Å²) < 4.78 is 11.6. The Balaban J connectivity index is 1.65. The highest BCUT2D eigenvalue weighted by molar-refractivity contribution is 5.33. The number of para-hydroxylation sites is 1. The molecule has 140 valence electrons. The molecule has 1 aromatic rings. The van der Waals surface area contributed by atoms with Gasteiger partial charge in [0.1, 0.15) is 5.75 Å². The first-order valence-corrected chi connectivity index (χ1v) is 9.81. The lowest BCUT2D eigenvalue weighted by molar-refractivity contribution is 0.00441. The fourth-order valence-corrected chi connectivity index (χ4v) is 4.35. The van der Waals surface area contributed by atoms with E-state index in [1.165, 1.54) is 31.2 Å². The van der Waals surface area contributed by atoms with E-state index >= 15 is 0 Å². The van der Waals surface area contributed by atoms with Crippen LogP contribution in [0.1, 0.15) is 50.5 Å². The third-order valence-corrected chi connectivity index (χ3v) is 5.87. The van der Waals surface area contributed by atoms with Crippen molar-refractivity contribution in [2.45, 2.75) is 57.6 Å². The van der Waals surface area contributed by atoms with Gasteiger partial charge in [0, 0.05) is 37.8 Å². The van der Waals surface area contributed by atoms with Gasteiger partial charge in [-0.05, 0) is 57.6 Å². The first-order chi connectivity index (χ1) is 12.2. The van der Waals surface area contributed by atoms with Crippen LogP contribution < -0.4 is 4.74 Å². The average molecular weight is 347 g/mol. The van der Waals surface area contributed by atoms with Crippen molar-refractivity contribution in [3.63, 3.8) is 0 Å². The summed E-state index contributed by atoms with van der Waals surface area (Å²) in [4.78, 5) is 2.48. The molecular formula is C21H33NO3. The summed E-state index contributed by atoms with van der Waals surface area (Å²) in [7, 11) is 1.74. The van der Waals surface area contributed by atoms with Gasteiger partial charge in [-0.1, -0.05) is 18.2 Å². The minimum Gasteiger partial charge on any atom is -0.490 e. The van der Waals surface area contributed by atoms with Crippen molar-refractivity contribution in [1.29, 1.82) is 0 Å². The molecule has 1 N–H and O–H groups in total. The number of hydrogen-bond donors (Lipinski definition) is 1. The normalized spacial score (nSPS) is 25.4. The van der Waals surface area contributed by atoms with Gasteiger partial charge in [0.05, 0.1) is 12.7 Å². The highest BCUT2D eigenvalue weighted by Crippen LogP contribution is 2.35. The molecular weight excluding hydrogens is 314 g/mol. The van der Waals surface area contributed by atoms with Gasteiger partial charge in [0.15, 0.2) is 0 Å². The molecule has 4 nitrogen and oxygen atoms in total. The van der Waals surface area contributed by atoms with E-state index in [1.807, 2.05) is 0 Å². The van der Waals surface area contributed by atoms with Gasteiger partial charge in [0.2, 0.25) is 0 Å². The van der Waals surface area contributed by atoms with Gasteiger partial charge in [-0.25, -0.2) is 0 Å². The van der Waals surface area contributed by atoms with E-state index in [2.05, 4.69) is 29.2 Å². The van der Waals surface area contributed by atoms with Crippen LogP contribution in [0.4, 0.5) is 0 Å². The van der Waals surface area contributed by atoms with Crippen LogP contribution in [0, 0.1) is 5.41 Å². The number of ether oxygens (including phenoxy) is 2. The Labute approximate surface area is 152 Å². The maximum atomic E-state index is 9.99. The maximum Gasteiger partial charge on any atom is 0.124 e. The first-order valence-electron chi connectivity index (χ1n) is 9.81. The highest BCUT2D eigenvalue weighted by atomic mass is 16.5. The number of hydrogen-bond acceptors (Lipinski definition) is 4. The number of nitrogens with zero attached hydrogens (tertiary/aromatic N) is 1. The van der Waals surface area contributed by atoms with Gasteiger partial charge in [-0.3, -0.25) is 4.90 Å². The summed E-state index contributed by atoms with van der Waals surface area (Å²) in [6, 6.07) is 8.47. The van der Waals surface area contributed by atoms with Gasteiger partial charge < -0.3 is 14.6 Å². The van der Waals surface area contributed by atoms with E-state index < -0.39 is 0 Å². The Morgan fingerprint density at radius 3 is 2.76 bits per heavy atom. The Morgan fingerprint density at radius 2 is 2.00 bits per heavy atom. The molecule has 2 aliphatic rings. The van der Waals surface area contributed by atoms with Crippen LogP contribution in [0.2, 0.25) is 0 Å². The fourth-order valence-electron chi connectivity index (χ4n) is 4.35. The number of rotatable bonds is 8. The molecule has 1 heterocycles. The van der Waals surface area contributed by atoms with Gasteiger partial charge in [-0.15, -0.1) is 0 Å². The van der Waals surface area contributed by atoms with Crippen LogP contribution in [0.15, 0.2) is 24.3 Å². The number of likely N-dealkylation sites (tertiary alicyclic amines) is 1. The van der Waals surface area contributed by atoms with E-state index in [0.29, 0.717) is 6.10 Å². The van der Waals surface area contributed by atoms with Crippen LogP contribution in [0.3, 0.4) is 0 Å². The summed E-state index contributed by atoms with van der Waals surface area (Å²) in [6.07, 6.45) is 8.48. The van der Waals surface area contributed by atoms with E-state index in [9.17, 15) is 5.11 Å². The second-order valence-electron chi connectivity index (χ2n) is 7.85. The molecule has 3 rings (SSSR count). The maximum absolute atomic E-state index is 9.99. The predicted molar refractivity (Wildman–Crippen MR) is 99.8 cm³/mol. The number of piperidine rings is 1. The lowest BCUT2D eigenvalue weighted by Crippen LogP contribution is -2.45. The van der Waals surface area contributed by atoms with E-state index in [0.717, 1.165) is 51.3 Å². The molecule has 0 bridgehead atoms. The third kappa shape index (κ3) is 4.96. The zero-order valence-corrected chi connectivity index (χ0v) is 15.6. The smallest absolute Gasteiger partial charge is 0.124 e. The zero-order valence-electron chi connectivity index (χ0n) is 15.6. The molecule has 0 aromatic heterocycles. The minimum absolute atomic E-state index is 0.0183. The number of aliphatic hydroxyl groups is 1. The molecule has 1 aliphatic heterocycles. The molecule has 0 radical (unpaired) electrons. The molecule has 25 heavy (non-hydrogen) atoms. The van der Waals surface area contributed by atoms with E-state index in [1.54, 1.807) is 7.11 Å². The third-order valence-electron chi connectivity index (χ3n) is 5.87. The molecule has 0 amide bonds. The molecule has 1 aliphatic carbocycles. The Morgan fingerprint density at radius 1 is 1.20 bits per heavy atom. The Hall–Kier alpha value is -1.10. The van der Waals surface area contributed by atoms with Crippen LogP contribution in [-0.2, 0) is 11.3 Å². The second kappa shape index (κ2) is 9.02. The number of benzene rings is 1. The summed E-state index contributed by atoms with van der Waals surface area (Å²) >= 11 is 0. The summed E-state index contributed by atoms with van der Waals surface area (Å²) in [5.74, 6) is 1.05. The Bertz CT molecular complexity index is 530. The minimum atomic E-state index is -0.0183. The molecule has 4 heteroatoms. The average Bonchev–Trinajstić information content (AvgIpc) is 3.15. The topological polar surface area (TPSA) is 41.9 Å². The van der Waals surface area contributed by atoms with Crippen LogP contribution in [0.25, 0.3) is 0 Å². The largest absolute Gasteiger partial charge is 0.490 e. The Kier molecular flexibility index (Phi) is 6.74. The standard InChI is InChI=1S/C21H33NO3/c1-24-14-12-21(17-23)11-6-13-22(16-21)15-18-7-2-5-10-20(18)25-19-8-3-4-9-19/h2,5,7,10,19,23H,3-4,6,8-9,11-17H2,1H3/t21-/m0/s1. The van der Waals surface area contributed by atoms with E-state index in [-0.39, 0.29) is 12.0 Å². The highest BCUT2D eigenvalue weighted by Gasteiger charge is 2.34. The quantitative estimate of drug-likeness (QED) is 0.780. The molecule has 0 spiro atoms. The molecule has 1 saturated carbocycles. The summed E-state index contributed by atoms with van der Waals surface area (Å²) in [6.45, 7) is 3.89. The van der Waals surface area contributed by atoms with Crippen LogP contribution in [0.5, 0.6) is 5.75 Å². The SMILES string of the molecule is COCC[C@@]1(CO)CCCN(Cc2ccccc2OC2CCCC2)C1. The number of methoxy groups -OCH3 is 1. The van der Waals surface area contributed by atoms with Crippen LogP contribution in [-0.4, -0.2) is 49.5 Å². The summed E-state index contributed by atoms with van der Waals surface area (Å²) in [5.41, 5.74) is 1.25. The van der Waals surface area contributed by atoms with E-state index in [4.69, 9.17) is 9.47 Å². The monoisotopic (exact) mass is 347 g/mol. The number of aliphatic hydroxyl groups excluding tert-OH is 1. The van der Waals surface area contributed by atoms with Gasteiger partial charge in [0.25, 0.3) is 0 Å². The zero-order chi connectivity index (χ0) is 17.5.